The highest BCUT2D eigenvalue weighted by Crippen LogP contribution is 2.48. The Morgan fingerprint density at radius 2 is 1.74 bits per heavy atom. The van der Waals surface area contributed by atoms with Crippen LogP contribution in [0.3, 0.4) is 0 Å². The minimum atomic E-state index is -0.884. The maximum atomic E-state index is 13.4. The van der Waals surface area contributed by atoms with Crippen molar-refractivity contribution >= 4 is 17.5 Å². The number of para-hydroxylation sites is 1. The molecule has 1 aliphatic heterocycles. The Morgan fingerprint density at radius 1 is 1.07 bits per heavy atom. The van der Waals surface area contributed by atoms with E-state index in [9.17, 15) is 14.7 Å². The van der Waals surface area contributed by atoms with Gasteiger partial charge in [0.2, 0.25) is 0 Å². The second kappa shape index (κ2) is 6.30. The zero-order valence-corrected chi connectivity index (χ0v) is 15.3. The zero-order valence-electron chi connectivity index (χ0n) is 15.3. The van der Waals surface area contributed by atoms with Gasteiger partial charge in [-0.15, -0.1) is 0 Å². The van der Waals surface area contributed by atoms with Crippen molar-refractivity contribution in [3.63, 3.8) is 0 Å². The third-order valence-electron chi connectivity index (χ3n) is 5.64. The second-order valence-electron chi connectivity index (χ2n) is 6.92. The molecule has 0 saturated heterocycles. The average molecular weight is 367 g/mol. The third kappa shape index (κ3) is 2.32. The Kier molecular flexibility index (Phi) is 4.06. The number of hydrogen-bond acceptors (Lipinski definition) is 5. The summed E-state index contributed by atoms with van der Waals surface area (Å²) in [6.45, 7) is 0. The number of aliphatic hydroxyl groups excluding tert-OH is 1. The fourth-order valence-electron chi connectivity index (χ4n) is 4.42. The van der Waals surface area contributed by atoms with Gasteiger partial charge in [0.25, 0.3) is 0 Å². The Morgan fingerprint density at radius 3 is 2.41 bits per heavy atom. The second-order valence-corrected chi connectivity index (χ2v) is 6.92. The molecule has 4 rings (SSSR count). The predicted octanol–water partition coefficient (Wildman–Crippen LogP) is 3.46. The lowest BCUT2D eigenvalue weighted by Gasteiger charge is -2.37. The van der Waals surface area contributed by atoms with E-state index >= 15 is 0 Å². The van der Waals surface area contributed by atoms with Crippen LogP contribution in [-0.2, 0) is 19.9 Å². The molecule has 140 valence electrons. The normalized spacial score (nSPS) is 17.9. The number of benzene rings is 1. The first-order chi connectivity index (χ1) is 13.0. The number of aromatic nitrogens is 1. The molecular formula is C21H21NO5. The van der Waals surface area contributed by atoms with Crippen LogP contribution < -0.4 is 4.74 Å². The molecular weight excluding hydrogens is 346 g/mol. The van der Waals surface area contributed by atoms with Crippen LogP contribution in [0.5, 0.6) is 5.75 Å². The van der Waals surface area contributed by atoms with Gasteiger partial charge in [0.1, 0.15) is 16.9 Å². The van der Waals surface area contributed by atoms with E-state index in [4.69, 9.17) is 9.47 Å². The van der Waals surface area contributed by atoms with Gasteiger partial charge >= 0.3 is 5.97 Å². The molecule has 1 aromatic carbocycles. The molecule has 2 aliphatic rings. The predicted molar refractivity (Wildman–Crippen MR) is 99.4 cm³/mol. The molecule has 1 fully saturated rings. The Balaban J connectivity index is 2.02. The van der Waals surface area contributed by atoms with Crippen molar-refractivity contribution in [2.45, 2.75) is 31.2 Å². The highest BCUT2D eigenvalue weighted by molar-refractivity contribution is 6.25. The van der Waals surface area contributed by atoms with E-state index in [0.29, 0.717) is 24.3 Å². The lowest BCUT2D eigenvalue weighted by atomic mass is 9.82. The Bertz CT molecular complexity index is 963. The minimum absolute atomic E-state index is 0.253. The topological polar surface area (TPSA) is 77.8 Å². The van der Waals surface area contributed by atoms with Crippen LogP contribution in [0.4, 0.5) is 0 Å². The molecule has 2 aromatic rings. The van der Waals surface area contributed by atoms with Crippen LogP contribution in [0.15, 0.2) is 42.0 Å². The highest BCUT2D eigenvalue weighted by atomic mass is 16.5. The number of carbonyl (C=O) groups is 2. The van der Waals surface area contributed by atoms with Crippen LogP contribution in [0.25, 0.3) is 17.0 Å². The smallest absolute Gasteiger partial charge is 0.345 e. The molecule has 1 saturated carbocycles. The van der Waals surface area contributed by atoms with E-state index in [1.54, 1.807) is 13.2 Å². The maximum Gasteiger partial charge on any atom is 0.345 e. The van der Waals surface area contributed by atoms with Crippen molar-refractivity contribution in [3.8, 4) is 17.0 Å². The van der Waals surface area contributed by atoms with Crippen LogP contribution in [0, 0.1) is 0 Å². The molecule has 2 heterocycles. The summed E-state index contributed by atoms with van der Waals surface area (Å²) in [5.41, 5.74) is 0.937. The summed E-state index contributed by atoms with van der Waals surface area (Å²) in [7, 11) is 2.81. The van der Waals surface area contributed by atoms with Gasteiger partial charge in [-0.25, -0.2) is 4.79 Å². The fraction of sp³-hybridized carbons (Fsp3) is 0.333. The monoisotopic (exact) mass is 367 g/mol. The number of esters is 1. The quantitative estimate of drug-likeness (QED) is 0.664. The first-order valence-electron chi connectivity index (χ1n) is 8.97. The summed E-state index contributed by atoms with van der Waals surface area (Å²) < 4.78 is 12.2. The van der Waals surface area contributed by atoms with Gasteiger partial charge in [-0.2, -0.15) is 0 Å². The number of rotatable bonds is 3. The summed E-state index contributed by atoms with van der Waals surface area (Å²) in [5, 5.41) is 10.7. The number of nitrogens with zero attached hydrogens (tertiary/aromatic N) is 1. The van der Waals surface area contributed by atoms with Gasteiger partial charge in [0.05, 0.1) is 25.6 Å². The van der Waals surface area contributed by atoms with Gasteiger partial charge in [-0.05, 0) is 37.1 Å². The SMILES string of the molecule is COC(=O)C1=C(O)c2ccc(-c3ccccc3OC)n2C2(CCCC2)C1=O. The molecule has 0 amide bonds. The summed E-state index contributed by atoms with van der Waals surface area (Å²) in [6.07, 6.45) is 2.99. The summed E-state index contributed by atoms with van der Waals surface area (Å²) in [4.78, 5) is 25.6. The molecule has 0 bridgehead atoms. The van der Waals surface area contributed by atoms with E-state index in [2.05, 4.69) is 0 Å². The molecule has 0 atom stereocenters. The third-order valence-corrected chi connectivity index (χ3v) is 5.64. The van der Waals surface area contributed by atoms with Gasteiger partial charge in [0.15, 0.2) is 11.5 Å². The molecule has 1 aromatic heterocycles. The van der Waals surface area contributed by atoms with Crippen LogP contribution >= 0.6 is 0 Å². The molecule has 0 unspecified atom stereocenters. The Hall–Kier alpha value is -3.02. The fourth-order valence-corrected chi connectivity index (χ4v) is 4.42. The highest BCUT2D eigenvalue weighted by Gasteiger charge is 2.52. The molecule has 1 spiro atoms. The lowest BCUT2D eigenvalue weighted by molar-refractivity contribution is -0.139. The number of aliphatic hydroxyl groups is 1. The first kappa shape index (κ1) is 17.4. The minimum Gasteiger partial charge on any atom is -0.505 e. The molecule has 0 radical (unpaired) electrons. The van der Waals surface area contributed by atoms with Gasteiger partial charge in [-0.1, -0.05) is 25.0 Å². The van der Waals surface area contributed by atoms with Gasteiger partial charge in [0, 0.05) is 5.56 Å². The number of carbonyl (C=O) groups excluding carboxylic acids is 2. The lowest BCUT2D eigenvalue weighted by Crippen LogP contribution is -2.46. The van der Waals surface area contributed by atoms with Crippen molar-refractivity contribution in [2.24, 2.45) is 0 Å². The Labute approximate surface area is 157 Å². The largest absolute Gasteiger partial charge is 0.505 e. The van der Waals surface area contributed by atoms with Crippen molar-refractivity contribution in [1.82, 2.24) is 4.57 Å². The number of Topliss-reactive ketones (excluding diaryl/α,β-unsaturated/α-hetero) is 1. The average Bonchev–Trinajstić information content (AvgIpc) is 3.34. The standard InChI is InChI=1S/C21H21NO5/c1-26-16-8-4-3-7-13(16)14-9-10-15-18(23)17(20(25)27-2)19(24)21(22(14)15)11-5-6-12-21/h3-4,7-10,23H,5-6,11-12H2,1-2H3. The molecule has 6 nitrogen and oxygen atoms in total. The molecule has 27 heavy (non-hydrogen) atoms. The summed E-state index contributed by atoms with van der Waals surface area (Å²) in [6, 6.07) is 11.2. The van der Waals surface area contributed by atoms with Crippen molar-refractivity contribution in [3.05, 3.63) is 47.7 Å². The van der Waals surface area contributed by atoms with E-state index < -0.39 is 11.5 Å². The van der Waals surface area contributed by atoms with E-state index in [-0.39, 0.29) is 17.1 Å². The van der Waals surface area contributed by atoms with E-state index in [0.717, 1.165) is 24.1 Å². The number of ether oxygens (including phenoxy) is 2. The first-order valence-corrected chi connectivity index (χ1v) is 8.97. The zero-order chi connectivity index (χ0) is 19.2. The van der Waals surface area contributed by atoms with Crippen LogP contribution in [0.1, 0.15) is 31.4 Å². The molecule has 6 heteroatoms. The number of methoxy groups -OCH3 is 2. The van der Waals surface area contributed by atoms with Crippen molar-refractivity contribution < 1.29 is 24.2 Å². The maximum absolute atomic E-state index is 13.4. The van der Waals surface area contributed by atoms with Crippen molar-refractivity contribution in [2.75, 3.05) is 14.2 Å². The van der Waals surface area contributed by atoms with E-state index in [1.165, 1.54) is 7.11 Å². The number of hydrogen-bond donors (Lipinski definition) is 1. The van der Waals surface area contributed by atoms with Crippen LogP contribution in [-0.4, -0.2) is 35.6 Å². The summed E-state index contributed by atoms with van der Waals surface area (Å²) >= 11 is 0. The molecule has 1 aliphatic carbocycles. The van der Waals surface area contributed by atoms with Gasteiger partial charge in [-0.3, -0.25) is 4.79 Å². The van der Waals surface area contributed by atoms with E-state index in [1.807, 2.05) is 34.9 Å². The van der Waals surface area contributed by atoms with Gasteiger partial charge < -0.3 is 19.1 Å². The van der Waals surface area contributed by atoms with Crippen molar-refractivity contribution in [1.29, 1.82) is 0 Å². The number of ketones is 1. The molecule has 1 N–H and O–H groups in total. The summed E-state index contributed by atoms with van der Waals surface area (Å²) in [5.74, 6) is -0.814. The number of fused-ring (bicyclic) bond motifs is 2. The van der Waals surface area contributed by atoms with Crippen LogP contribution in [0.2, 0.25) is 0 Å².